The smallest absolute Gasteiger partial charge is 0.273 e. The summed E-state index contributed by atoms with van der Waals surface area (Å²) in [5.41, 5.74) is 0.288. The van der Waals surface area contributed by atoms with Crippen molar-refractivity contribution in [2.75, 3.05) is 6.26 Å². The normalized spacial score (nSPS) is 13.0. The van der Waals surface area contributed by atoms with Gasteiger partial charge in [-0.15, -0.1) is 10.2 Å². The van der Waals surface area contributed by atoms with E-state index in [9.17, 15) is 13.2 Å². The number of nitrogens with zero attached hydrogens (tertiary/aromatic N) is 4. The Morgan fingerprint density at radius 3 is 2.42 bits per heavy atom. The van der Waals surface area contributed by atoms with Gasteiger partial charge in [0.15, 0.2) is 5.16 Å². The molecular weight excluding hydrogens is 385 g/mol. The van der Waals surface area contributed by atoms with E-state index in [4.69, 9.17) is 11.6 Å². The third kappa shape index (κ3) is 3.57. The SMILES string of the molecule is CSc1nnc(C(C)c2ncc(C(F)(F)F)cc2Cl)n1-c1ccccc1. The minimum absolute atomic E-state index is 0.0550. The maximum atomic E-state index is 12.8. The van der Waals surface area contributed by atoms with Crippen molar-refractivity contribution in [3.8, 4) is 5.69 Å². The molecule has 0 spiro atoms. The second kappa shape index (κ2) is 7.28. The van der Waals surface area contributed by atoms with Crippen molar-refractivity contribution in [2.45, 2.75) is 24.2 Å². The van der Waals surface area contributed by atoms with E-state index in [1.54, 1.807) is 6.92 Å². The second-order valence-corrected chi connectivity index (χ2v) is 6.71. The highest BCUT2D eigenvalue weighted by Gasteiger charge is 2.32. The van der Waals surface area contributed by atoms with E-state index in [-0.39, 0.29) is 5.02 Å². The van der Waals surface area contributed by atoms with E-state index >= 15 is 0 Å². The first kappa shape index (κ1) is 18.7. The Hall–Kier alpha value is -2.06. The van der Waals surface area contributed by atoms with Gasteiger partial charge in [-0.05, 0) is 31.4 Å². The summed E-state index contributed by atoms with van der Waals surface area (Å²) in [4.78, 5) is 3.95. The van der Waals surface area contributed by atoms with Crippen LogP contribution in [-0.2, 0) is 6.18 Å². The average molecular weight is 399 g/mol. The molecule has 2 aromatic heterocycles. The molecule has 3 aromatic rings. The molecule has 2 heterocycles. The lowest BCUT2D eigenvalue weighted by Crippen LogP contribution is -2.11. The summed E-state index contributed by atoms with van der Waals surface area (Å²) >= 11 is 7.51. The van der Waals surface area contributed by atoms with Crippen LogP contribution in [0.15, 0.2) is 47.8 Å². The quantitative estimate of drug-likeness (QED) is 0.566. The number of thioether (sulfide) groups is 1. The highest BCUT2D eigenvalue weighted by atomic mass is 35.5. The van der Waals surface area contributed by atoms with Gasteiger partial charge in [-0.3, -0.25) is 9.55 Å². The third-order valence-electron chi connectivity index (χ3n) is 3.85. The predicted octanol–water partition coefficient (Wildman–Crippen LogP) is 5.21. The minimum atomic E-state index is -4.49. The number of rotatable bonds is 4. The van der Waals surface area contributed by atoms with Crippen molar-refractivity contribution in [1.82, 2.24) is 19.7 Å². The summed E-state index contributed by atoms with van der Waals surface area (Å²) < 4.78 is 40.3. The summed E-state index contributed by atoms with van der Waals surface area (Å²) in [6.07, 6.45) is -1.83. The Morgan fingerprint density at radius 2 is 1.85 bits per heavy atom. The van der Waals surface area contributed by atoms with Crippen LogP contribution in [0.3, 0.4) is 0 Å². The molecule has 0 aliphatic heterocycles. The van der Waals surface area contributed by atoms with E-state index in [0.717, 1.165) is 18.0 Å². The van der Waals surface area contributed by atoms with Crippen LogP contribution in [0.1, 0.15) is 29.9 Å². The standard InChI is InChI=1S/C17H14ClF3N4S/c1-10(14-13(18)8-11(9-22-14)17(19,20)21)15-23-24-16(26-2)25(15)12-6-4-3-5-7-12/h3-10H,1-2H3. The molecule has 0 amide bonds. The number of halogens is 4. The highest BCUT2D eigenvalue weighted by molar-refractivity contribution is 7.98. The zero-order valence-corrected chi connectivity index (χ0v) is 15.4. The molecule has 0 aliphatic rings. The topological polar surface area (TPSA) is 43.6 Å². The first-order valence-electron chi connectivity index (χ1n) is 7.60. The van der Waals surface area contributed by atoms with Crippen LogP contribution >= 0.6 is 23.4 Å². The summed E-state index contributed by atoms with van der Waals surface area (Å²) in [5.74, 6) is 0.105. The van der Waals surface area contributed by atoms with E-state index in [1.807, 2.05) is 41.2 Å². The highest BCUT2D eigenvalue weighted by Crippen LogP contribution is 2.35. The molecule has 0 radical (unpaired) electrons. The van der Waals surface area contributed by atoms with Crippen LogP contribution < -0.4 is 0 Å². The fourth-order valence-electron chi connectivity index (χ4n) is 2.56. The van der Waals surface area contributed by atoms with Crippen molar-refractivity contribution in [3.05, 3.63) is 64.7 Å². The largest absolute Gasteiger partial charge is 0.417 e. The van der Waals surface area contributed by atoms with E-state index in [2.05, 4.69) is 15.2 Å². The summed E-state index contributed by atoms with van der Waals surface area (Å²) in [6, 6.07) is 10.4. The molecule has 9 heteroatoms. The van der Waals surface area contributed by atoms with Gasteiger partial charge in [-0.2, -0.15) is 13.2 Å². The van der Waals surface area contributed by atoms with Crippen LogP contribution in [0.2, 0.25) is 5.02 Å². The summed E-state index contributed by atoms with van der Waals surface area (Å²) in [5, 5.41) is 9.01. The molecule has 0 bridgehead atoms. The molecule has 26 heavy (non-hydrogen) atoms. The van der Waals surface area contributed by atoms with Crippen LogP contribution in [0.4, 0.5) is 13.2 Å². The predicted molar refractivity (Wildman–Crippen MR) is 94.9 cm³/mol. The zero-order chi connectivity index (χ0) is 18.9. The maximum absolute atomic E-state index is 12.8. The van der Waals surface area contributed by atoms with Crippen LogP contribution in [0.25, 0.3) is 5.69 Å². The molecule has 0 N–H and O–H groups in total. The van der Waals surface area contributed by atoms with Gasteiger partial charge in [0.2, 0.25) is 0 Å². The Balaban J connectivity index is 2.07. The van der Waals surface area contributed by atoms with Gasteiger partial charge in [0, 0.05) is 11.9 Å². The lowest BCUT2D eigenvalue weighted by molar-refractivity contribution is -0.137. The third-order valence-corrected chi connectivity index (χ3v) is 4.78. The molecule has 1 unspecified atom stereocenters. The molecule has 1 atom stereocenters. The van der Waals surface area contributed by atoms with Gasteiger partial charge >= 0.3 is 6.18 Å². The van der Waals surface area contributed by atoms with Crippen molar-refractivity contribution in [1.29, 1.82) is 0 Å². The van der Waals surface area contributed by atoms with E-state index < -0.39 is 17.7 Å². The van der Waals surface area contributed by atoms with Gasteiger partial charge in [-0.25, -0.2) is 0 Å². The van der Waals surface area contributed by atoms with E-state index in [1.165, 1.54) is 11.8 Å². The molecular formula is C17H14ClF3N4S. The first-order chi connectivity index (χ1) is 12.3. The van der Waals surface area contributed by atoms with E-state index in [0.29, 0.717) is 16.7 Å². The number of aromatic nitrogens is 4. The molecule has 0 fully saturated rings. The van der Waals surface area contributed by atoms with Crippen LogP contribution in [0, 0.1) is 0 Å². The van der Waals surface area contributed by atoms with Gasteiger partial charge in [0.05, 0.1) is 22.2 Å². The fourth-order valence-corrected chi connectivity index (χ4v) is 3.39. The van der Waals surface area contributed by atoms with Crippen molar-refractivity contribution >= 4 is 23.4 Å². The Kier molecular flexibility index (Phi) is 5.24. The van der Waals surface area contributed by atoms with Crippen molar-refractivity contribution in [2.24, 2.45) is 0 Å². The number of para-hydroxylation sites is 1. The first-order valence-corrected chi connectivity index (χ1v) is 9.20. The number of hydrogen-bond donors (Lipinski definition) is 0. The van der Waals surface area contributed by atoms with Crippen LogP contribution in [-0.4, -0.2) is 26.0 Å². The lowest BCUT2D eigenvalue weighted by Gasteiger charge is -2.16. The average Bonchev–Trinajstić information content (AvgIpc) is 3.05. The molecule has 136 valence electrons. The van der Waals surface area contributed by atoms with Gasteiger partial charge in [-0.1, -0.05) is 41.6 Å². The molecule has 0 saturated heterocycles. The number of hydrogen-bond acceptors (Lipinski definition) is 4. The number of alkyl halides is 3. The fraction of sp³-hybridized carbons (Fsp3) is 0.235. The Bertz CT molecular complexity index is 912. The lowest BCUT2D eigenvalue weighted by atomic mass is 10.0. The molecule has 3 rings (SSSR count). The molecule has 1 aromatic carbocycles. The summed E-state index contributed by atoms with van der Waals surface area (Å²) in [7, 11) is 0. The van der Waals surface area contributed by atoms with Crippen molar-refractivity contribution in [3.63, 3.8) is 0 Å². The second-order valence-electron chi connectivity index (χ2n) is 5.53. The molecule has 0 aliphatic carbocycles. The molecule has 0 saturated carbocycles. The summed E-state index contributed by atoms with van der Waals surface area (Å²) in [6.45, 7) is 1.79. The number of pyridine rings is 1. The molecule has 4 nitrogen and oxygen atoms in total. The zero-order valence-electron chi connectivity index (χ0n) is 13.8. The van der Waals surface area contributed by atoms with Gasteiger partial charge in [0.1, 0.15) is 5.82 Å². The number of benzene rings is 1. The monoisotopic (exact) mass is 398 g/mol. The maximum Gasteiger partial charge on any atom is 0.417 e. The van der Waals surface area contributed by atoms with Crippen LogP contribution in [0.5, 0.6) is 0 Å². The van der Waals surface area contributed by atoms with Crippen molar-refractivity contribution < 1.29 is 13.2 Å². The van der Waals surface area contributed by atoms with Gasteiger partial charge < -0.3 is 0 Å². The van der Waals surface area contributed by atoms with Gasteiger partial charge in [0.25, 0.3) is 0 Å². The Morgan fingerprint density at radius 1 is 1.15 bits per heavy atom. The Labute approximate surface area is 157 Å². The minimum Gasteiger partial charge on any atom is -0.273 e.